The predicted octanol–water partition coefficient (Wildman–Crippen LogP) is 4.50. The summed E-state index contributed by atoms with van der Waals surface area (Å²) >= 11 is 9.78. The number of carbonyl (C=O) groups is 2. The van der Waals surface area contributed by atoms with E-state index in [0.717, 1.165) is 5.56 Å². The molecule has 0 unspecified atom stereocenters. The smallest absolute Gasteiger partial charge is 0.343 e. The second-order valence-corrected chi connectivity index (χ2v) is 7.72. The molecule has 0 N–H and O–H groups in total. The van der Waals surface area contributed by atoms with E-state index in [1.165, 1.54) is 16.7 Å². The zero-order chi connectivity index (χ0) is 18.0. The lowest BCUT2D eigenvalue weighted by molar-refractivity contribution is -0.121. The fraction of sp³-hybridized carbons (Fsp3) is 0.0556. The zero-order valence-corrected chi connectivity index (χ0v) is 16.3. The van der Waals surface area contributed by atoms with Gasteiger partial charge < -0.3 is 4.74 Å². The summed E-state index contributed by atoms with van der Waals surface area (Å²) in [7, 11) is 1.65. The number of esters is 1. The van der Waals surface area contributed by atoms with Crippen LogP contribution in [0.15, 0.2) is 57.9 Å². The first-order valence-electron chi connectivity index (χ1n) is 7.24. The summed E-state index contributed by atoms with van der Waals surface area (Å²) in [6.07, 6.45) is 1.76. The molecule has 1 saturated heterocycles. The number of hydrogen-bond acceptors (Lipinski definition) is 5. The van der Waals surface area contributed by atoms with Crippen LogP contribution in [0.1, 0.15) is 15.9 Å². The zero-order valence-electron chi connectivity index (χ0n) is 13.1. The second kappa shape index (κ2) is 7.51. The first kappa shape index (κ1) is 17.8. The first-order valence-corrected chi connectivity index (χ1v) is 9.26. The molecule has 3 rings (SSSR count). The molecule has 1 aliphatic heterocycles. The molecule has 0 aromatic heterocycles. The van der Waals surface area contributed by atoms with Crippen LogP contribution in [0.3, 0.4) is 0 Å². The molecule has 0 saturated carbocycles. The average molecular weight is 434 g/mol. The number of ether oxygens (including phenoxy) is 1. The Labute approximate surface area is 163 Å². The minimum atomic E-state index is -0.430. The predicted molar refractivity (Wildman–Crippen MR) is 106 cm³/mol. The van der Waals surface area contributed by atoms with Crippen LogP contribution in [0.2, 0.25) is 0 Å². The van der Waals surface area contributed by atoms with E-state index in [0.29, 0.717) is 25.0 Å². The lowest BCUT2D eigenvalue weighted by Gasteiger charge is -2.07. The molecule has 4 nitrogen and oxygen atoms in total. The summed E-state index contributed by atoms with van der Waals surface area (Å²) in [5, 5.41) is 0. The topological polar surface area (TPSA) is 46.6 Å². The number of carbonyl (C=O) groups excluding carboxylic acids is 2. The van der Waals surface area contributed by atoms with Gasteiger partial charge in [0.05, 0.1) is 14.9 Å². The molecule has 1 aliphatic rings. The molecule has 7 heteroatoms. The van der Waals surface area contributed by atoms with E-state index < -0.39 is 5.97 Å². The van der Waals surface area contributed by atoms with Crippen LogP contribution < -0.4 is 4.74 Å². The Morgan fingerprint density at radius 1 is 1.24 bits per heavy atom. The molecule has 0 radical (unpaired) electrons. The minimum absolute atomic E-state index is 0.120. The summed E-state index contributed by atoms with van der Waals surface area (Å²) in [4.78, 5) is 26.2. The van der Waals surface area contributed by atoms with Gasteiger partial charge >= 0.3 is 5.97 Å². The van der Waals surface area contributed by atoms with Gasteiger partial charge in [-0.15, -0.1) is 0 Å². The summed E-state index contributed by atoms with van der Waals surface area (Å²) < 4.78 is 6.56. The molecular weight excluding hydrogens is 422 g/mol. The summed E-state index contributed by atoms with van der Waals surface area (Å²) in [5.41, 5.74) is 1.28. The van der Waals surface area contributed by atoms with Crippen LogP contribution in [-0.2, 0) is 4.79 Å². The summed E-state index contributed by atoms with van der Waals surface area (Å²) in [6.45, 7) is 0. The maximum atomic E-state index is 12.1. The Kier molecular flexibility index (Phi) is 5.36. The first-order chi connectivity index (χ1) is 12.0. The SMILES string of the molecule is CN1C(=O)C(=Cc2ccc(OC(=O)c3ccccc3)c(Br)c2)SC1=S. The lowest BCUT2D eigenvalue weighted by Crippen LogP contribution is -2.22. The van der Waals surface area contributed by atoms with Crippen LogP contribution in [0.25, 0.3) is 6.08 Å². The van der Waals surface area contributed by atoms with Crippen molar-refractivity contribution in [2.24, 2.45) is 0 Å². The Morgan fingerprint density at radius 3 is 2.56 bits per heavy atom. The van der Waals surface area contributed by atoms with Crippen molar-refractivity contribution in [3.8, 4) is 5.75 Å². The van der Waals surface area contributed by atoms with E-state index in [-0.39, 0.29) is 5.91 Å². The molecule has 0 aliphatic carbocycles. The van der Waals surface area contributed by atoms with Crippen molar-refractivity contribution in [3.63, 3.8) is 0 Å². The van der Waals surface area contributed by atoms with E-state index in [4.69, 9.17) is 17.0 Å². The van der Waals surface area contributed by atoms with Crippen molar-refractivity contribution >= 4 is 62.2 Å². The number of amides is 1. The molecule has 1 fully saturated rings. The molecule has 0 spiro atoms. The van der Waals surface area contributed by atoms with Gasteiger partial charge in [-0.3, -0.25) is 9.69 Å². The largest absolute Gasteiger partial charge is 0.422 e. The van der Waals surface area contributed by atoms with Crippen molar-refractivity contribution < 1.29 is 14.3 Å². The van der Waals surface area contributed by atoms with Crippen LogP contribution in [-0.4, -0.2) is 28.1 Å². The van der Waals surface area contributed by atoms with Gasteiger partial charge in [0, 0.05) is 7.05 Å². The van der Waals surface area contributed by atoms with Crippen LogP contribution >= 0.6 is 39.9 Å². The number of thiocarbonyl (C=S) groups is 1. The second-order valence-electron chi connectivity index (χ2n) is 5.19. The summed E-state index contributed by atoms with van der Waals surface area (Å²) in [6, 6.07) is 14.0. The number of rotatable bonds is 3. The number of benzene rings is 2. The van der Waals surface area contributed by atoms with Gasteiger partial charge in [0.2, 0.25) is 0 Å². The third kappa shape index (κ3) is 4.00. The Hall–Kier alpha value is -1.96. The van der Waals surface area contributed by atoms with Crippen molar-refractivity contribution in [1.29, 1.82) is 0 Å². The Morgan fingerprint density at radius 2 is 1.96 bits per heavy atom. The lowest BCUT2D eigenvalue weighted by atomic mass is 10.2. The molecule has 0 atom stereocenters. The van der Waals surface area contributed by atoms with Gasteiger partial charge in [0.1, 0.15) is 10.1 Å². The minimum Gasteiger partial charge on any atom is -0.422 e. The van der Waals surface area contributed by atoms with Crippen molar-refractivity contribution in [1.82, 2.24) is 4.90 Å². The fourth-order valence-corrected chi connectivity index (χ4v) is 3.78. The molecule has 1 amide bonds. The molecule has 1 heterocycles. The van der Waals surface area contributed by atoms with Gasteiger partial charge in [0.15, 0.2) is 0 Å². The number of thioether (sulfide) groups is 1. The highest BCUT2D eigenvalue weighted by Crippen LogP contribution is 2.33. The number of nitrogens with zero attached hydrogens (tertiary/aromatic N) is 1. The Bertz CT molecular complexity index is 896. The molecule has 2 aromatic carbocycles. The fourth-order valence-electron chi connectivity index (χ4n) is 2.12. The van der Waals surface area contributed by atoms with E-state index in [1.807, 2.05) is 6.07 Å². The monoisotopic (exact) mass is 433 g/mol. The van der Waals surface area contributed by atoms with Crippen LogP contribution in [0, 0.1) is 0 Å². The third-order valence-electron chi connectivity index (χ3n) is 3.45. The molecule has 0 bridgehead atoms. The molecule has 25 heavy (non-hydrogen) atoms. The standard InChI is InChI=1S/C18H12BrNO3S2/c1-20-16(21)15(25-18(20)24)10-11-7-8-14(13(19)9-11)23-17(22)12-5-3-2-4-6-12/h2-10H,1H3. The maximum absolute atomic E-state index is 12.1. The highest BCUT2D eigenvalue weighted by atomic mass is 79.9. The average Bonchev–Trinajstić information content (AvgIpc) is 2.85. The van der Waals surface area contributed by atoms with Crippen LogP contribution in [0.5, 0.6) is 5.75 Å². The van der Waals surface area contributed by atoms with Gasteiger partial charge in [-0.2, -0.15) is 0 Å². The highest BCUT2D eigenvalue weighted by molar-refractivity contribution is 9.10. The van der Waals surface area contributed by atoms with E-state index in [1.54, 1.807) is 55.6 Å². The van der Waals surface area contributed by atoms with Gasteiger partial charge in [-0.05, 0) is 51.8 Å². The molecular formula is C18H12BrNO3S2. The molecule has 2 aromatic rings. The van der Waals surface area contributed by atoms with Crippen molar-refractivity contribution in [3.05, 3.63) is 69.0 Å². The molecule has 126 valence electrons. The van der Waals surface area contributed by atoms with Gasteiger partial charge in [-0.1, -0.05) is 48.2 Å². The summed E-state index contributed by atoms with van der Waals surface area (Å²) in [5.74, 6) is -0.138. The van der Waals surface area contributed by atoms with Gasteiger partial charge in [0.25, 0.3) is 5.91 Å². The normalized spacial score (nSPS) is 15.8. The van der Waals surface area contributed by atoms with Crippen molar-refractivity contribution in [2.75, 3.05) is 7.05 Å². The highest BCUT2D eigenvalue weighted by Gasteiger charge is 2.28. The maximum Gasteiger partial charge on any atom is 0.343 e. The van der Waals surface area contributed by atoms with E-state index in [2.05, 4.69) is 15.9 Å². The van der Waals surface area contributed by atoms with Crippen LogP contribution in [0.4, 0.5) is 0 Å². The van der Waals surface area contributed by atoms with E-state index >= 15 is 0 Å². The van der Waals surface area contributed by atoms with Gasteiger partial charge in [-0.25, -0.2) is 4.79 Å². The number of likely N-dealkylation sites (N-methyl/N-ethyl adjacent to an activating group) is 1. The quantitative estimate of drug-likeness (QED) is 0.308. The third-order valence-corrected chi connectivity index (χ3v) is 5.56. The van der Waals surface area contributed by atoms with E-state index in [9.17, 15) is 9.59 Å². The van der Waals surface area contributed by atoms with Crippen molar-refractivity contribution in [2.45, 2.75) is 0 Å². The Balaban J connectivity index is 1.79. The number of halogens is 1. The number of hydrogen-bond donors (Lipinski definition) is 0.